The molecule has 0 aliphatic rings. The normalized spacial score (nSPS) is 11.4. The second-order valence-corrected chi connectivity index (χ2v) is 7.19. The lowest BCUT2D eigenvalue weighted by atomic mass is 10.0. The maximum atomic E-state index is 12.0. The van der Waals surface area contributed by atoms with E-state index in [9.17, 15) is 4.79 Å². The molecule has 1 radical (unpaired) electrons. The summed E-state index contributed by atoms with van der Waals surface area (Å²) in [5.74, 6) is 0.356. The number of nitrogens with two attached hydrogens (primary N) is 1. The summed E-state index contributed by atoms with van der Waals surface area (Å²) >= 11 is 1.67. The predicted molar refractivity (Wildman–Crippen MR) is 108 cm³/mol. The molecule has 2 N–H and O–H groups in total. The minimum Gasteiger partial charge on any atom is -0.464 e. The van der Waals surface area contributed by atoms with Crippen molar-refractivity contribution < 1.29 is 9.21 Å². The zero-order valence-electron chi connectivity index (χ0n) is 14.3. The molecule has 5 rings (SSSR count). The van der Waals surface area contributed by atoms with Crippen molar-refractivity contribution in [3.63, 3.8) is 0 Å². The van der Waals surface area contributed by atoms with Crippen LogP contribution in [0, 0.1) is 6.07 Å². The number of rotatable bonds is 4. The molecule has 5 aromatic rings. The van der Waals surface area contributed by atoms with Crippen molar-refractivity contribution in [1.82, 2.24) is 4.57 Å². The van der Waals surface area contributed by atoms with Crippen molar-refractivity contribution in [2.75, 3.05) is 0 Å². The Morgan fingerprint density at radius 1 is 1.19 bits per heavy atom. The summed E-state index contributed by atoms with van der Waals surface area (Å²) in [5, 5.41) is 5.94. The van der Waals surface area contributed by atoms with Gasteiger partial charge < -0.3 is 14.7 Å². The third-order valence-corrected chi connectivity index (χ3v) is 5.52. The molecule has 3 heterocycles. The number of amides is 1. The van der Waals surface area contributed by atoms with Gasteiger partial charge in [0.05, 0.1) is 17.3 Å². The van der Waals surface area contributed by atoms with E-state index < -0.39 is 5.91 Å². The number of nitrogens with zero attached hydrogens (tertiary/aromatic N) is 1. The molecule has 0 saturated heterocycles. The van der Waals surface area contributed by atoms with Gasteiger partial charge in [0.15, 0.2) is 0 Å². The van der Waals surface area contributed by atoms with Crippen molar-refractivity contribution in [1.29, 1.82) is 0 Å². The highest BCUT2D eigenvalue weighted by atomic mass is 32.1. The molecule has 0 fully saturated rings. The number of carbonyl (C=O) groups is 1. The molecule has 5 heteroatoms. The van der Waals surface area contributed by atoms with E-state index in [2.05, 4.69) is 33.5 Å². The molecule has 27 heavy (non-hydrogen) atoms. The van der Waals surface area contributed by atoms with Crippen molar-refractivity contribution in [2.24, 2.45) is 5.73 Å². The van der Waals surface area contributed by atoms with E-state index in [0.29, 0.717) is 12.1 Å². The third-order valence-electron chi connectivity index (χ3n) is 4.79. The van der Waals surface area contributed by atoms with Crippen LogP contribution in [0.5, 0.6) is 0 Å². The molecular formula is C22H15N2O2S. The van der Waals surface area contributed by atoms with E-state index in [1.54, 1.807) is 23.7 Å². The fourth-order valence-electron chi connectivity index (χ4n) is 3.58. The largest absolute Gasteiger partial charge is 0.464 e. The smallest absolute Gasteiger partial charge is 0.249 e. The van der Waals surface area contributed by atoms with E-state index in [1.165, 1.54) is 5.56 Å². The van der Waals surface area contributed by atoms with Gasteiger partial charge in [-0.05, 0) is 64.9 Å². The van der Waals surface area contributed by atoms with Gasteiger partial charge >= 0.3 is 0 Å². The van der Waals surface area contributed by atoms with Crippen LogP contribution < -0.4 is 5.73 Å². The number of benzene rings is 2. The van der Waals surface area contributed by atoms with Crippen LogP contribution >= 0.6 is 11.3 Å². The average molecular weight is 371 g/mol. The summed E-state index contributed by atoms with van der Waals surface area (Å²) in [6.07, 6.45) is 1.66. The van der Waals surface area contributed by atoms with Gasteiger partial charge in [-0.25, -0.2) is 0 Å². The highest BCUT2D eigenvalue weighted by Crippen LogP contribution is 2.34. The number of thiophene rings is 1. The Kier molecular flexibility index (Phi) is 3.62. The lowest BCUT2D eigenvalue weighted by Gasteiger charge is -2.07. The summed E-state index contributed by atoms with van der Waals surface area (Å²) in [5.41, 5.74) is 10.3. The van der Waals surface area contributed by atoms with E-state index in [1.807, 2.05) is 30.3 Å². The quantitative estimate of drug-likeness (QED) is 0.480. The fourth-order valence-corrected chi connectivity index (χ4v) is 4.24. The molecule has 0 bridgehead atoms. The van der Waals surface area contributed by atoms with Gasteiger partial charge in [-0.15, -0.1) is 0 Å². The Balaban J connectivity index is 1.85. The Morgan fingerprint density at radius 3 is 2.85 bits per heavy atom. The molecule has 0 spiro atoms. The first-order chi connectivity index (χ1) is 13.2. The maximum Gasteiger partial charge on any atom is 0.249 e. The topological polar surface area (TPSA) is 61.2 Å². The Labute approximate surface area is 159 Å². The fraction of sp³-hybridized carbons (Fsp3) is 0.0455. The first-order valence-corrected chi connectivity index (χ1v) is 9.48. The molecule has 131 valence electrons. The number of hydrogen-bond acceptors (Lipinski definition) is 3. The van der Waals surface area contributed by atoms with E-state index in [-0.39, 0.29) is 0 Å². The summed E-state index contributed by atoms with van der Waals surface area (Å²) < 4.78 is 7.76. The Morgan fingerprint density at radius 2 is 2.11 bits per heavy atom. The molecule has 4 nitrogen and oxygen atoms in total. The van der Waals surface area contributed by atoms with Crippen molar-refractivity contribution in [3.05, 3.63) is 82.7 Å². The predicted octanol–water partition coefficient (Wildman–Crippen LogP) is 5.06. The highest BCUT2D eigenvalue weighted by Gasteiger charge is 2.17. The van der Waals surface area contributed by atoms with Gasteiger partial charge in [-0.3, -0.25) is 4.79 Å². The lowest BCUT2D eigenvalue weighted by Crippen LogP contribution is -2.11. The lowest BCUT2D eigenvalue weighted by molar-refractivity contribution is 0.100. The van der Waals surface area contributed by atoms with Gasteiger partial charge in [0.2, 0.25) is 5.91 Å². The molecule has 0 aliphatic heterocycles. The molecule has 3 aromatic heterocycles. The number of furan rings is 1. The van der Waals surface area contributed by atoms with Crippen LogP contribution in [0.15, 0.2) is 70.0 Å². The van der Waals surface area contributed by atoms with Crippen molar-refractivity contribution >= 4 is 39.0 Å². The Hall–Kier alpha value is -3.31. The minimum absolute atomic E-state index is 0.432. The Bertz CT molecular complexity index is 1270. The van der Waals surface area contributed by atoms with Crippen LogP contribution in [-0.4, -0.2) is 10.5 Å². The number of hydrogen-bond donors (Lipinski definition) is 1. The SMILES string of the molecule is NC(=O)c1cccc2c1c1[c]cc(-c3ccco3)cc1n2Cc1ccsc1. The highest BCUT2D eigenvalue weighted by molar-refractivity contribution is 7.07. The van der Waals surface area contributed by atoms with Crippen LogP contribution in [0.3, 0.4) is 0 Å². The van der Waals surface area contributed by atoms with Crippen LogP contribution in [0.1, 0.15) is 15.9 Å². The summed E-state index contributed by atoms with van der Waals surface area (Å²) in [6.45, 7) is 0.709. The van der Waals surface area contributed by atoms with E-state index >= 15 is 0 Å². The van der Waals surface area contributed by atoms with Gasteiger partial charge in [0, 0.05) is 28.4 Å². The zero-order chi connectivity index (χ0) is 18.4. The van der Waals surface area contributed by atoms with Gasteiger partial charge in [0.1, 0.15) is 5.76 Å². The number of carbonyl (C=O) groups excluding carboxylic acids is 1. The molecule has 1 amide bonds. The number of aromatic nitrogens is 1. The summed E-state index contributed by atoms with van der Waals surface area (Å²) in [4.78, 5) is 12.0. The summed E-state index contributed by atoms with van der Waals surface area (Å²) in [7, 11) is 0. The van der Waals surface area contributed by atoms with Crippen LogP contribution in [-0.2, 0) is 6.54 Å². The number of primary amides is 1. The van der Waals surface area contributed by atoms with Crippen LogP contribution in [0.2, 0.25) is 0 Å². The minimum atomic E-state index is -0.432. The number of fused-ring (bicyclic) bond motifs is 3. The third kappa shape index (κ3) is 2.55. The van der Waals surface area contributed by atoms with Gasteiger partial charge in [0.25, 0.3) is 0 Å². The van der Waals surface area contributed by atoms with Crippen LogP contribution in [0.25, 0.3) is 33.1 Å². The van der Waals surface area contributed by atoms with E-state index in [4.69, 9.17) is 10.2 Å². The first-order valence-electron chi connectivity index (χ1n) is 8.54. The van der Waals surface area contributed by atoms with Crippen molar-refractivity contribution in [3.8, 4) is 11.3 Å². The second kappa shape index (κ2) is 6.14. The zero-order valence-corrected chi connectivity index (χ0v) is 15.1. The first kappa shape index (κ1) is 15.9. The standard InChI is InChI=1S/C22H15N2O2S/c23-22(25)17-3-1-4-18-21(17)16-7-6-15(20-5-2-9-26-20)11-19(16)24(18)12-14-8-10-27-13-14/h1-6,8-11,13H,12H2,(H2,23,25). The van der Waals surface area contributed by atoms with Crippen molar-refractivity contribution in [2.45, 2.75) is 6.54 Å². The average Bonchev–Trinajstić information content (AvgIpc) is 3.43. The molecule has 0 saturated carbocycles. The molecule has 0 aliphatic carbocycles. The molecular weight excluding hydrogens is 356 g/mol. The van der Waals surface area contributed by atoms with E-state index in [0.717, 1.165) is 33.1 Å². The second-order valence-electron chi connectivity index (χ2n) is 6.41. The maximum absolute atomic E-state index is 12.0. The van der Waals surface area contributed by atoms with Crippen LogP contribution in [0.4, 0.5) is 0 Å². The van der Waals surface area contributed by atoms with Gasteiger partial charge in [-0.2, -0.15) is 11.3 Å². The molecule has 2 aromatic carbocycles. The summed E-state index contributed by atoms with van der Waals surface area (Å²) in [6, 6.07) is 18.9. The van der Waals surface area contributed by atoms with Gasteiger partial charge in [-0.1, -0.05) is 6.07 Å². The monoisotopic (exact) mass is 371 g/mol. The molecule has 0 unspecified atom stereocenters. The molecule has 0 atom stereocenters.